The van der Waals surface area contributed by atoms with Crippen LogP contribution in [0.15, 0.2) is 29.8 Å². The lowest BCUT2D eigenvalue weighted by Gasteiger charge is -2.39. The van der Waals surface area contributed by atoms with Crippen LogP contribution in [0.5, 0.6) is 0 Å². The Kier molecular flexibility index (Phi) is 2.52. The number of allylic oxidation sites excluding steroid dienone is 2. The minimum atomic E-state index is -0.0396. The second-order valence-corrected chi connectivity index (χ2v) is 7.20. The van der Waals surface area contributed by atoms with Gasteiger partial charge in [-0.3, -0.25) is 4.79 Å². The predicted molar refractivity (Wildman–Crippen MR) is 81.0 cm³/mol. The van der Waals surface area contributed by atoms with E-state index in [1.165, 1.54) is 17.5 Å². The molecule has 4 rings (SSSR count). The number of fused-ring (bicyclic) bond motifs is 4. The molecule has 2 unspecified atom stereocenters. The van der Waals surface area contributed by atoms with Crippen LogP contribution >= 0.6 is 0 Å². The molecule has 0 N–H and O–H groups in total. The first kappa shape index (κ1) is 12.4. The highest BCUT2D eigenvalue weighted by molar-refractivity contribution is 6.05. The van der Waals surface area contributed by atoms with Crippen LogP contribution in [0.2, 0.25) is 0 Å². The van der Waals surface area contributed by atoms with Crippen molar-refractivity contribution >= 4 is 5.78 Å². The third kappa shape index (κ3) is 1.47. The van der Waals surface area contributed by atoms with E-state index in [2.05, 4.69) is 38.1 Å². The molecule has 1 heteroatoms. The summed E-state index contributed by atoms with van der Waals surface area (Å²) in [5, 5.41) is 0. The van der Waals surface area contributed by atoms with E-state index in [4.69, 9.17) is 0 Å². The summed E-state index contributed by atoms with van der Waals surface area (Å²) in [4.78, 5) is 13.3. The van der Waals surface area contributed by atoms with Crippen molar-refractivity contribution in [1.82, 2.24) is 0 Å². The molecule has 1 saturated carbocycles. The zero-order valence-electron chi connectivity index (χ0n) is 12.4. The summed E-state index contributed by atoms with van der Waals surface area (Å²) in [6.45, 7) is 4.40. The maximum Gasteiger partial charge on any atom is 0.170 e. The second kappa shape index (κ2) is 4.07. The lowest BCUT2D eigenvalue weighted by atomic mass is 9.62. The minimum absolute atomic E-state index is 0.0396. The minimum Gasteiger partial charge on any atom is -0.294 e. The van der Waals surface area contributed by atoms with Crippen molar-refractivity contribution in [3.8, 4) is 0 Å². The zero-order chi connectivity index (χ0) is 13.9. The van der Waals surface area contributed by atoms with Crippen molar-refractivity contribution < 1.29 is 4.79 Å². The number of Topliss-reactive ketones (excluding diaryl/α,β-unsaturated/α-hetero) is 1. The molecule has 1 fully saturated rings. The van der Waals surface area contributed by atoms with Crippen LogP contribution in [0, 0.1) is 11.3 Å². The van der Waals surface area contributed by atoms with Crippen molar-refractivity contribution in [1.29, 1.82) is 0 Å². The van der Waals surface area contributed by atoms with Crippen LogP contribution in [0.3, 0.4) is 0 Å². The van der Waals surface area contributed by atoms with Crippen molar-refractivity contribution in [3.05, 3.63) is 46.5 Å². The Labute approximate surface area is 121 Å². The number of hydrogen-bond acceptors (Lipinski definition) is 1. The molecule has 20 heavy (non-hydrogen) atoms. The van der Waals surface area contributed by atoms with E-state index in [0.717, 1.165) is 31.2 Å². The van der Waals surface area contributed by atoms with Crippen LogP contribution in [-0.4, -0.2) is 5.78 Å². The van der Waals surface area contributed by atoms with Crippen LogP contribution < -0.4 is 0 Å². The van der Waals surface area contributed by atoms with Crippen molar-refractivity contribution in [3.63, 3.8) is 0 Å². The molecular formula is C19H22O. The Morgan fingerprint density at radius 1 is 1.30 bits per heavy atom. The van der Waals surface area contributed by atoms with Crippen molar-refractivity contribution in [2.24, 2.45) is 11.3 Å². The number of carbonyl (C=O) groups excluding carboxylic acids is 1. The van der Waals surface area contributed by atoms with Gasteiger partial charge in [0, 0.05) is 11.0 Å². The number of hydrogen-bond donors (Lipinski definition) is 0. The van der Waals surface area contributed by atoms with Gasteiger partial charge in [0.15, 0.2) is 5.78 Å². The highest BCUT2D eigenvalue weighted by Gasteiger charge is 2.54. The second-order valence-electron chi connectivity index (χ2n) is 7.20. The van der Waals surface area contributed by atoms with E-state index < -0.39 is 0 Å². The van der Waals surface area contributed by atoms with E-state index in [0.29, 0.717) is 17.6 Å². The molecule has 1 aromatic carbocycles. The summed E-state index contributed by atoms with van der Waals surface area (Å²) in [6.07, 6.45) is 7.91. The molecule has 0 radical (unpaired) electrons. The molecule has 0 saturated heterocycles. The monoisotopic (exact) mass is 266 g/mol. The van der Waals surface area contributed by atoms with Gasteiger partial charge in [-0.05, 0) is 55.1 Å². The van der Waals surface area contributed by atoms with Crippen LogP contribution in [0.25, 0.3) is 0 Å². The lowest BCUT2D eigenvalue weighted by Crippen LogP contribution is -2.40. The van der Waals surface area contributed by atoms with Crippen LogP contribution in [-0.2, 0) is 6.42 Å². The smallest absolute Gasteiger partial charge is 0.170 e. The normalized spacial score (nSPS) is 31.1. The molecule has 0 aliphatic heterocycles. The molecule has 104 valence electrons. The van der Waals surface area contributed by atoms with E-state index in [1.54, 1.807) is 5.57 Å². The highest BCUT2D eigenvalue weighted by Crippen LogP contribution is 2.58. The summed E-state index contributed by atoms with van der Waals surface area (Å²) in [5.41, 5.74) is 5.16. The van der Waals surface area contributed by atoms with E-state index >= 15 is 0 Å². The maximum atomic E-state index is 13.3. The SMILES string of the molecule is CC(C)c1cccc2c1C(=O)C1(CC2)CC2=CCC1C2. The molecule has 1 aromatic rings. The van der Waals surface area contributed by atoms with Gasteiger partial charge in [0.25, 0.3) is 0 Å². The summed E-state index contributed by atoms with van der Waals surface area (Å²) < 4.78 is 0. The van der Waals surface area contributed by atoms with Gasteiger partial charge < -0.3 is 0 Å². The van der Waals surface area contributed by atoms with Gasteiger partial charge in [-0.1, -0.05) is 43.7 Å². The molecular weight excluding hydrogens is 244 g/mol. The molecule has 2 atom stereocenters. The number of rotatable bonds is 1. The third-order valence-corrected chi connectivity index (χ3v) is 5.85. The fourth-order valence-corrected chi connectivity index (χ4v) is 4.77. The van der Waals surface area contributed by atoms with Gasteiger partial charge in [0.05, 0.1) is 0 Å². The largest absolute Gasteiger partial charge is 0.294 e. The van der Waals surface area contributed by atoms with E-state index in [9.17, 15) is 4.79 Å². The Morgan fingerprint density at radius 2 is 2.15 bits per heavy atom. The van der Waals surface area contributed by atoms with Gasteiger partial charge in [-0.2, -0.15) is 0 Å². The van der Waals surface area contributed by atoms with Crippen molar-refractivity contribution in [2.45, 2.75) is 51.9 Å². The molecule has 0 amide bonds. The number of ketones is 1. The van der Waals surface area contributed by atoms with Gasteiger partial charge in [-0.25, -0.2) is 0 Å². The predicted octanol–water partition coefficient (Wildman–Crippen LogP) is 4.67. The summed E-state index contributed by atoms with van der Waals surface area (Å²) in [6, 6.07) is 6.45. The molecule has 3 aliphatic rings. The quantitative estimate of drug-likeness (QED) is 0.675. The number of benzene rings is 1. The first-order chi connectivity index (χ1) is 9.62. The van der Waals surface area contributed by atoms with E-state index in [-0.39, 0.29) is 5.41 Å². The Bertz CT molecular complexity index is 623. The van der Waals surface area contributed by atoms with Crippen molar-refractivity contribution in [2.75, 3.05) is 0 Å². The van der Waals surface area contributed by atoms with Gasteiger partial charge in [0.1, 0.15) is 0 Å². The fraction of sp³-hybridized carbons (Fsp3) is 0.526. The highest BCUT2D eigenvalue weighted by atomic mass is 16.1. The van der Waals surface area contributed by atoms with Gasteiger partial charge >= 0.3 is 0 Å². The standard InChI is InChI=1S/C19H22O/c1-12(2)16-5-3-4-14-8-9-19(18(20)17(14)16)11-13-6-7-15(19)10-13/h3-6,12,15H,7-11H2,1-2H3. The van der Waals surface area contributed by atoms with Crippen LogP contribution in [0.4, 0.5) is 0 Å². The lowest BCUT2D eigenvalue weighted by molar-refractivity contribution is 0.0669. The first-order valence-corrected chi connectivity index (χ1v) is 7.96. The van der Waals surface area contributed by atoms with E-state index in [1.807, 2.05) is 0 Å². The molecule has 3 aliphatic carbocycles. The molecule has 1 spiro atoms. The maximum absolute atomic E-state index is 13.3. The zero-order valence-corrected chi connectivity index (χ0v) is 12.4. The average molecular weight is 266 g/mol. The summed E-state index contributed by atoms with van der Waals surface area (Å²) >= 11 is 0. The third-order valence-electron chi connectivity index (χ3n) is 5.85. The Balaban J connectivity index is 1.85. The molecule has 0 heterocycles. The molecule has 0 aromatic heterocycles. The first-order valence-electron chi connectivity index (χ1n) is 7.96. The number of aryl methyl sites for hydroxylation is 1. The molecule has 2 bridgehead atoms. The summed E-state index contributed by atoms with van der Waals surface area (Å²) in [5.74, 6) is 1.50. The fourth-order valence-electron chi connectivity index (χ4n) is 4.77. The van der Waals surface area contributed by atoms with Gasteiger partial charge in [0.2, 0.25) is 0 Å². The number of carbonyl (C=O) groups is 1. The van der Waals surface area contributed by atoms with Crippen LogP contribution in [0.1, 0.15) is 66.9 Å². The average Bonchev–Trinajstić information content (AvgIpc) is 3.04. The summed E-state index contributed by atoms with van der Waals surface area (Å²) in [7, 11) is 0. The Hall–Kier alpha value is -1.37. The van der Waals surface area contributed by atoms with Gasteiger partial charge in [-0.15, -0.1) is 0 Å². The topological polar surface area (TPSA) is 17.1 Å². The molecule has 1 nitrogen and oxygen atoms in total. The Morgan fingerprint density at radius 3 is 2.80 bits per heavy atom.